The molecule has 5 nitrogen and oxygen atoms in total. The lowest BCUT2D eigenvalue weighted by Gasteiger charge is -2.14. The Morgan fingerprint density at radius 1 is 1.56 bits per heavy atom. The summed E-state index contributed by atoms with van der Waals surface area (Å²) in [5.41, 5.74) is 4.55. The first kappa shape index (κ1) is 12.2. The predicted octanol–water partition coefficient (Wildman–Crippen LogP) is 0.957. The van der Waals surface area contributed by atoms with Crippen LogP contribution in [-0.2, 0) is 6.54 Å². The number of carbonyl (C=O) groups is 1. The van der Waals surface area contributed by atoms with Crippen LogP contribution in [0.5, 0.6) is 11.5 Å². The molecule has 0 aliphatic carbocycles. The molecule has 1 aromatic rings. The molecule has 88 valence electrons. The largest absolute Gasteiger partial charge is 0.573 e. The summed E-state index contributed by atoms with van der Waals surface area (Å²) >= 11 is 0. The van der Waals surface area contributed by atoms with Crippen LogP contribution in [0.15, 0.2) is 6.20 Å². The van der Waals surface area contributed by atoms with Gasteiger partial charge in [0.25, 0.3) is 0 Å². The Morgan fingerprint density at radius 2 is 2.19 bits per heavy atom. The fourth-order valence-electron chi connectivity index (χ4n) is 1.07. The molecule has 0 radical (unpaired) electrons. The molecule has 1 aromatic heterocycles. The minimum absolute atomic E-state index is 0.227. The van der Waals surface area contributed by atoms with Crippen LogP contribution >= 0.6 is 0 Å². The second-order valence-corrected chi connectivity index (χ2v) is 2.71. The molecular weight excluding hydrogens is 229 g/mol. The molecule has 0 amide bonds. The summed E-state index contributed by atoms with van der Waals surface area (Å²) in [7, 11) is 0. The SMILES string of the molecule is NCc1c(C=O)ncc(O)c1OC(F)(F)F. The Balaban J connectivity index is 3.29. The topological polar surface area (TPSA) is 85.4 Å². The molecule has 1 heterocycles. The van der Waals surface area contributed by atoms with Gasteiger partial charge < -0.3 is 15.6 Å². The van der Waals surface area contributed by atoms with Crippen LogP contribution in [0.25, 0.3) is 0 Å². The van der Waals surface area contributed by atoms with E-state index in [2.05, 4.69) is 9.72 Å². The number of aldehydes is 1. The van der Waals surface area contributed by atoms with Crippen LogP contribution in [0.2, 0.25) is 0 Å². The highest BCUT2D eigenvalue weighted by atomic mass is 19.4. The number of hydrogen-bond donors (Lipinski definition) is 2. The molecule has 0 atom stereocenters. The number of halogens is 3. The van der Waals surface area contributed by atoms with Crippen LogP contribution < -0.4 is 10.5 Å². The van der Waals surface area contributed by atoms with E-state index in [0.29, 0.717) is 6.20 Å². The van der Waals surface area contributed by atoms with Crippen molar-refractivity contribution in [3.8, 4) is 11.5 Å². The van der Waals surface area contributed by atoms with Gasteiger partial charge in [-0.1, -0.05) is 0 Å². The second-order valence-electron chi connectivity index (χ2n) is 2.71. The van der Waals surface area contributed by atoms with Gasteiger partial charge in [0, 0.05) is 12.1 Å². The van der Waals surface area contributed by atoms with Crippen molar-refractivity contribution in [1.82, 2.24) is 4.98 Å². The summed E-state index contributed by atoms with van der Waals surface area (Å²) < 4.78 is 39.5. The van der Waals surface area contributed by atoms with Gasteiger partial charge in [-0.2, -0.15) is 0 Å². The zero-order valence-electron chi connectivity index (χ0n) is 7.78. The lowest BCUT2D eigenvalue weighted by atomic mass is 10.1. The van der Waals surface area contributed by atoms with Crippen LogP contribution in [0, 0.1) is 0 Å². The third-order valence-corrected chi connectivity index (χ3v) is 1.68. The van der Waals surface area contributed by atoms with Gasteiger partial charge in [-0.05, 0) is 0 Å². The summed E-state index contributed by atoms with van der Waals surface area (Å²) in [6.45, 7) is -0.416. The molecular formula is C8H7F3N2O3. The number of carbonyl (C=O) groups excluding carboxylic acids is 1. The quantitative estimate of drug-likeness (QED) is 0.763. The van der Waals surface area contributed by atoms with Crippen LogP contribution in [-0.4, -0.2) is 22.7 Å². The first-order chi connectivity index (χ1) is 7.39. The average Bonchev–Trinajstić information content (AvgIpc) is 2.19. The third-order valence-electron chi connectivity index (χ3n) is 1.68. The molecule has 0 fully saturated rings. The Kier molecular flexibility index (Phi) is 3.33. The van der Waals surface area contributed by atoms with Crippen molar-refractivity contribution in [3.05, 3.63) is 17.5 Å². The van der Waals surface area contributed by atoms with Crippen molar-refractivity contribution >= 4 is 6.29 Å². The number of rotatable bonds is 3. The first-order valence-electron chi connectivity index (χ1n) is 4.01. The molecule has 0 saturated carbocycles. The molecule has 16 heavy (non-hydrogen) atoms. The Hall–Kier alpha value is -1.83. The van der Waals surface area contributed by atoms with Gasteiger partial charge in [-0.15, -0.1) is 13.2 Å². The number of aromatic nitrogens is 1. The van der Waals surface area contributed by atoms with E-state index in [1.807, 2.05) is 0 Å². The van der Waals surface area contributed by atoms with Gasteiger partial charge in [0.15, 0.2) is 17.8 Å². The van der Waals surface area contributed by atoms with Crippen molar-refractivity contribution in [3.63, 3.8) is 0 Å². The predicted molar refractivity (Wildman–Crippen MR) is 45.9 cm³/mol. The summed E-state index contributed by atoms with van der Waals surface area (Å²) in [6, 6.07) is 0. The Morgan fingerprint density at radius 3 is 2.62 bits per heavy atom. The highest BCUT2D eigenvalue weighted by molar-refractivity contribution is 5.76. The standard InChI is InChI=1S/C8H7F3N2O3/c9-8(10,11)16-7-4(1-12)5(3-14)13-2-6(7)15/h2-3,15H,1,12H2. The van der Waals surface area contributed by atoms with Crippen LogP contribution in [0.3, 0.4) is 0 Å². The molecule has 8 heteroatoms. The maximum Gasteiger partial charge on any atom is 0.573 e. The molecule has 0 saturated heterocycles. The second kappa shape index (κ2) is 4.35. The highest BCUT2D eigenvalue weighted by Gasteiger charge is 2.34. The van der Waals surface area contributed by atoms with E-state index < -0.39 is 24.4 Å². The van der Waals surface area contributed by atoms with E-state index in [4.69, 9.17) is 10.8 Å². The van der Waals surface area contributed by atoms with Crippen molar-refractivity contribution < 1.29 is 27.8 Å². The molecule has 1 rings (SSSR count). The fraction of sp³-hybridized carbons (Fsp3) is 0.250. The van der Waals surface area contributed by atoms with E-state index >= 15 is 0 Å². The molecule has 0 aromatic carbocycles. The number of hydrogen-bond acceptors (Lipinski definition) is 5. The van der Waals surface area contributed by atoms with Gasteiger partial charge >= 0.3 is 6.36 Å². The average molecular weight is 236 g/mol. The molecule has 0 bridgehead atoms. The van der Waals surface area contributed by atoms with Gasteiger partial charge in [0.2, 0.25) is 0 Å². The first-order valence-corrected chi connectivity index (χ1v) is 4.01. The van der Waals surface area contributed by atoms with E-state index in [0.717, 1.165) is 0 Å². The van der Waals surface area contributed by atoms with Gasteiger partial charge in [-0.3, -0.25) is 4.79 Å². The maximum atomic E-state index is 12.0. The summed E-state index contributed by atoms with van der Waals surface area (Å²) in [4.78, 5) is 13.9. The lowest BCUT2D eigenvalue weighted by Crippen LogP contribution is -2.19. The zero-order valence-corrected chi connectivity index (χ0v) is 7.78. The van der Waals surface area contributed by atoms with Crippen molar-refractivity contribution in [1.29, 1.82) is 0 Å². The Labute approximate surface area is 87.7 Å². The minimum atomic E-state index is -4.98. The fourth-order valence-corrected chi connectivity index (χ4v) is 1.07. The molecule has 0 aliphatic heterocycles. The number of nitrogens with zero attached hydrogens (tertiary/aromatic N) is 1. The summed E-state index contributed by atoms with van der Waals surface area (Å²) in [5, 5.41) is 9.15. The number of nitrogens with two attached hydrogens (primary N) is 1. The monoisotopic (exact) mass is 236 g/mol. The van der Waals surface area contributed by atoms with Gasteiger partial charge in [0.1, 0.15) is 5.69 Å². The zero-order chi connectivity index (χ0) is 12.3. The van der Waals surface area contributed by atoms with Crippen LogP contribution in [0.1, 0.15) is 16.1 Å². The third kappa shape index (κ3) is 2.60. The van der Waals surface area contributed by atoms with Gasteiger partial charge in [0.05, 0.1) is 6.20 Å². The molecule has 0 spiro atoms. The highest BCUT2D eigenvalue weighted by Crippen LogP contribution is 2.34. The van der Waals surface area contributed by atoms with Crippen molar-refractivity contribution in [2.45, 2.75) is 12.9 Å². The van der Waals surface area contributed by atoms with E-state index in [1.165, 1.54) is 0 Å². The smallest absolute Gasteiger partial charge is 0.503 e. The Bertz CT molecular complexity index is 406. The lowest BCUT2D eigenvalue weighted by molar-refractivity contribution is -0.275. The molecule has 0 aliphatic rings. The van der Waals surface area contributed by atoms with E-state index in [1.54, 1.807) is 0 Å². The number of aromatic hydroxyl groups is 1. The maximum absolute atomic E-state index is 12.0. The van der Waals surface area contributed by atoms with Crippen molar-refractivity contribution in [2.75, 3.05) is 0 Å². The van der Waals surface area contributed by atoms with Crippen molar-refractivity contribution in [2.24, 2.45) is 5.73 Å². The number of pyridine rings is 1. The molecule has 0 unspecified atom stereocenters. The van der Waals surface area contributed by atoms with Crippen LogP contribution in [0.4, 0.5) is 13.2 Å². The summed E-state index contributed by atoms with van der Waals surface area (Å²) in [6.07, 6.45) is -4.07. The molecule has 3 N–H and O–H groups in total. The normalized spacial score (nSPS) is 11.2. The minimum Gasteiger partial charge on any atom is -0.503 e. The van der Waals surface area contributed by atoms with Gasteiger partial charge in [-0.25, -0.2) is 4.98 Å². The van der Waals surface area contributed by atoms with E-state index in [-0.39, 0.29) is 17.5 Å². The number of alkyl halides is 3. The number of ether oxygens (including phenoxy) is 1. The summed E-state index contributed by atoms with van der Waals surface area (Å²) in [5.74, 6) is -1.73. The van der Waals surface area contributed by atoms with E-state index in [9.17, 15) is 18.0 Å².